The highest BCUT2D eigenvalue weighted by Gasteiger charge is 2.21. The van der Waals surface area contributed by atoms with Gasteiger partial charge in [-0.15, -0.1) is 0 Å². The summed E-state index contributed by atoms with van der Waals surface area (Å²) >= 11 is 0. The zero-order chi connectivity index (χ0) is 22.1. The van der Waals surface area contributed by atoms with Crippen LogP contribution in [0.3, 0.4) is 0 Å². The van der Waals surface area contributed by atoms with Gasteiger partial charge in [-0.3, -0.25) is 9.36 Å². The monoisotopic (exact) mass is 421 g/mol. The van der Waals surface area contributed by atoms with E-state index in [1.807, 2.05) is 48.5 Å². The van der Waals surface area contributed by atoms with Gasteiger partial charge in [-0.2, -0.15) is 0 Å². The summed E-state index contributed by atoms with van der Waals surface area (Å²) < 4.78 is 6.73. The zero-order valence-corrected chi connectivity index (χ0v) is 17.9. The summed E-state index contributed by atoms with van der Waals surface area (Å²) in [5.74, 6) is -0.598. The first-order valence-electron chi connectivity index (χ1n) is 10.9. The van der Waals surface area contributed by atoms with Gasteiger partial charge in [-0.25, -0.2) is 4.79 Å². The van der Waals surface area contributed by atoms with E-state index < -0.39 is 5.97 Å². The number of esters is 1. The standard InChI is InChI=1S/C28H23NO3/c1-2-32-28(31)26-18-21-11-5-8-14-25(21)29(26)27(30)16-15-24-22-12-6-3-9-19(22)17-20-10-4-7-13-23(20)24/h3-14,17-18H,2,15-16H2,1H3. The van der Waals surface area contributed by atoms with E-state index in [2.05, 4.69) is 30.3 Å². The molecule has 0 saturated heterocycles. The molecule has 0 spiro atoms. The lowest BCUT2D eigenvalue weighted by Crippen LogP contribution is -2.19. The Kier molecular flexibility index (Phi) is 5.20. The normalized spacial score (nSPS) is 11.3. The van der Waals surface area contributed by atoms with Crippen molar-refractivity contribution in [3.63, 3.8) is 0 Å². The Morgan fingerprint density at radius 1 is 0.781 bits per heavy atom. The Morgan fingerprint density at radius 2 is 1.38 bits per heavy atom. The van der Waals surface area contributed by atoms with E-state index in [0.717, 1.165) is 38.0 Å². The topological polar surface area (TPSA) is 48.3 Å². The molecule has 158 valence electrons. The van der Waals surface area contributed by atoms with Crippen molar-refractivity contribution in [3.05, 3.63) is 96.2 Å². The molecule has 0 aliphatic heterocycles. The smallest absolute Gasteiger partial charge is 0.355 e. The molecule has 32 heavy (non-hydrogen) atoms. The summed E-state index contributed by atoms with van der Waals surface area (Å²) in [5.41, 5.74) is 2.16. The third-order valence-corrected chi connectivity index (χ3v) is 5.92. The van der Waals surface area contributed by atoms with Gasteiger partial charge in [0.2, 0.25) is 5.91 Å². The second-order valence-electron chi connectivity index (χ2n) is 7.84. The molecule has 0 saturated carbocycles. The largest absolute Gasteiger partial charge is 0.461 e. The van der Waals surface area contributed by atoms with Crippen molar-refractivity contribution >= 4 is 44.3 Å². The summed E-state index contributed by atoms with van der Waals surface area (Å²) in [5, 5.41) is 5.48. The number of aryl methyl sites for hydroxylation is 1. The van der Waals surface area contributed by atoms with Gasteiger partial charge in [-0.1, -0.05) is 66.7 Å². The number of para-hydroxylation sites is 1. The predicted octanol–water partition coefficient (Wildman–Crippen LogP) is 6.40. The molecule has 5 aromatic rings. The van der Waals surface area contributed by atoms with Gasteiger partial charge < -0.3 is 4.74 Å². The van der Waals surface area contributed by atoms with Gasteiger partial charge in [0.05, 0.1) is 12.1 Å². The fourth-order valence-corrected chi connectivity index (χ4v) is 4.50. The number of hydrogen-bond donors (Lipinski definition) is 0. The van der Waals surface area contributed by atoms with Crippen molar-refractivity contribution in [3.8, 4) is 0 Å². The Hall–Kier alpha value is -3.92. The lowest BCUT2D eigenvalue weighted by atomic mass is 9.94. The van der Waals surface area contributed by atoms with E-state index in [0.29, 0.717) is 6.42 Å². The lowest BCUT2D eigenvalue weighted by molar-refractivity contribution is 0.0509. The van der Waals surface area contributed by atoms with Gasteiger partial charge in [0.25, 0.3) is 0 Å². The van der Waals surface area contributed by atoms with Crippen LogP contribution in [0.15, 0.2) is 84.9 Å². The third kappa shape index (κ3) is 3.44. The van der Waals surface area contributed by atoms with Gasteiger partial charge >= 0.3 is 5.97 Å². The number of fused-ring (bicyclic) bond motifs is 3. The van der Waals surface area contributed by atoms with Crippen molar-refractivity contribution in [1.82, 2.24) is 4.57 Å². The highest BCUT2D eigenvalue weighted by atomic mass is 16.5. The summed E-state index contributed by atoms with van der Waals surface area (Å²) in [6.45, 7) is 2.02. The molecule has 0 atom stereocenters. The Bertz CT molecular complexity index is 1420. The van der Waals surface area contributed by atoms with E-state index in [-0.39, 0.29) is 24.6 Å². The number of aromatic nitrogens is 1. The van der Waals surface area contributed by atoms with Crippen LogP contribution < -0.4 is 0 Å². The summed E-state index contributed by atoms with van der Waals surface area (Å²) in [7, 11) is 0. The Morgan fingerprint density at radius 3 is 2.03 bits per heavy atom. The molecule has 0 unspecified atom stereocenters. The van der Waals surface area contributed by atoms with Crippen LogP contribution in [0.25, 0.3) is 32.4 Å². The van der Waals surface area contributed by atoms with Gasteiger partial charge in [-0.05, 0) is 58.7 Å². The summed E-state index contributed by atoms with van der Waals surface area (Å²) in [4.78, 5) is 26.0. The molecule has 0 aliphatic carbocycles. The van der Waals surface area contributed by atoms with Crippen molar-refractivity contribution in [2.45, 2.75) is 19.8 Å². The van der Waals surface area contributed by atoms with Gasteiger partial charge in [0.15, 0.2) is 0 Å². The SMILES string of the molecule is CCOC(=O)c1cc2ccccc2n1C(=O)CCc1c2ccccc2cc2ccccc12. The Labute approximate surface area is 186 Å². The van der Waals surface area contributed by atoms with Crippen LogP contribution in [0.1, 0.15) is 34.2 Å². The van der Waals surface area contributed by atoms with Crippen molar-refractivity contribution in [1.29, 1.82) is 0 Å². The molecule has 0 radical (unpaired) electrons. The summed E-state index contributed by atoms with van der Waals surface area (Å²) in [6.07, 6.45) is 0.860. The number of hydrogen-bond acceptors (Lipinski definition) is 3. The maximum absolute atomic E-state index is 13.4. The fourth-order valence-electron chi connectivity index (χ4n) is 4.50. The third-order valence-electron chi connectivity index (χ3n) is 5.92. The van der Waals surface area contributed by atoms with E-state index in [9.17, 15) is 9.59 Å². The molecule has 1 heterocycles. The van der Waals surface area contributed by atoms with Crippen LogP contribution in [0, 0.1) is 0 Å². The van der Waals surface area contributed by atoms with Crippen LogP contribution in [0.5, 0.6) is 0 Å². The highest BCUT2D eigenvalue weighted by molar-refractivity contribution is 6.04. The van der Waals surface area contributed by atoms with Crippen molar-refractivity contribution < 1.29 is 14.3 Å². The molecule has 5 rings (SSSR count). The molecule has 1 aromatic heterocycles. The van der Waals surface area contributed by atoms with Gasteiger partial charge in [0.1, 0.15) is 5.69 Å². The first kappa shape index (κ1) is 20.0. The second kappa shape index (κ2) is 8.31. The van der Waals surface area contributed by atoms with Crippen LogP contribution in [-0.4, -0.2) is 23.1 Å². The van der Waals surface area contributed by atoms with E-state index in [1.54, 1.807) is 13.0 Å². The van der Waals surface area contributed by atoms with Crippen LogP contribution in [0.2, 0.25) is 0 Å². The quantitative estimate of drug-likeness (QED) is 0.244. The van der Waals surface area contributed by atoms with Crippen LogP contribution in [-0.2, 0) is 11.2 Å². The molecule has 4 nitrogen and oxygen atoms in total. The van der Waals surface area contributed by atoms with E-state index >= 15 is 0 Å². The van der Waals surface area contributed by atoms with Crippen molar-refractivity contribution in [2.24, 2.45) is 0 Å². The number of carbonyl (C=O) groups excluding carboxylic acids is 2. The molecular formula is C28H23NO3. The van der Waals surface area contributed by atoms with E-state index in [1.165, 1.54) is 4.57 Å². The molecule has 0 aliphatic rings. The number of nitrogens with zero attached hydrogens (tertiary/aromatic N) is 1. The minimum atomic E-state index is -0.479. The number of benzene rings is 4. The van der Waals surface area contributed by atoms with Crippen molar-refractivity contribution in [2.75, 3.05) is 6.61 Å². The zero-order valence-electron chi connectivity index (χ0n) is 17.9. The average molecular weight is 421 g/mol. The maximum atomic E-state index is 13.4. The minimum Gasteiger partial charge on any atom is -0.461 e. The molecule has 4 heteroatoms. The Balaban J connectivity index is 1.56. The summed E-state index contributed by atoms with van der Waals surface area (Å²) in [6, 6.07) is 28.0. The second-order valence-corrected chi connectivity index (χ2v) is 7.84. The fraction of sp³-hybridized carbons (Fsp3) is 0.143. The number of rotatable bonds is 5. The first-order chi connectivity index (χ1) is 15.7. The molecule has 0 fully saturated rings. The average Bonchev–Trinajstić information content (AvgIpc) is 3.21. The van der Waals surface area contributed by atoms with E-state index in [4.69, 9.17) is 4.74 Å². The first-order valence-corrected chi connectivity index (χ1v) is 10.9. The lowest BCUT2D eigenvalue weighted by Gasteiger charge is -2.13. The number of carbonyl (C=O) groups is 2. The predicted molar refractivity (Wildman–Crippen MR) is 128 cm³/mol. The molecule has 4 aromatic carbocycles. The highest BCUT2D eigenvalue weighted by Crippen LogP contribution is 2.30. The van der Waals surface area contributed by atoms with Crippen LogP contribution in [0.4, 0.5) is 0 Å². The molecule has 0 N–H and O–H groups in total. The minimum absolute atomic E-state index is 0.119. The molecule has 0 bridgehead atoms. The van der Waals surface area contributed by atoms with Gasteiger partial charge in [0, 0.05) is 11.8 Å². The van der Waals surface area contributed by atoms with Crippen LogP contribution >= 0.6 is 0 Å². The molecular weight excluding hydrogens is 398 g/mol. The maximum Gasteiger partial charge on any atom is 0.355 e. The number of ether oxygens (including phenoxy) is 1. The molecule has 0 amide bonds.